The molecule has 1 saturated heterocycles. The van der Waals surface area contributed by atoms with Crippen LogP contribution < -0.4 is 11.1 Å². The Morgan fingerprint density at radius 2 is 2.03 bits per heavy atom. The number of thiophene rings is 1. The number of hydrogen-bond donors (Lipinski definition) is 2. The first-order chi connectivity index (χ1) is 17.0. The first kappa shape index (κ1) is 24.8. The number of anilines is 1. The van der Waals surface area contributed by atoms with Crippen molar-refractivity contribution >= 4 is 29.0 Å². The van der Waals surface area contributed by atoms with Crippen LogP contribution in [-0.2, 0) is 13.0 Å². The summed E-state index contributed by atoms with van der Waals surface area (Å²) >= 11 is 1.64. The summed E-state index contributed by atoms with van der Waals surface area (Å²) in [5.41, 5.74) is 8.60. The van der Waals surface area contributed by atoms with E-state index in [9.17, 15) is 9.59 Å². The molecule has 0 unspecified atom stereocenters. The average molecular weight is 493 g/mol. The average Bonchev–Trinajstić information content (AvgIpc) is 3.40. The predicted octanol–water partition coefficient (Wildman–Crippen LogP) is 4.16. The van der Waals surface area contributed by atoms with Crippen LogP contribution in [0.5, 0.6) is 0 Å². The predicted molar refractivity (Wildman–Crippen MR) is 138 cm³/mol. The number of amides is 3. The fourth-order valence-electron chi connectivity index (χ4n) is 4.61. The molecule has 1 aliphatic rings. The highest BCUT2D eigenvalue weighted by atomic mass is 32.1. The molecule has 8 nitrogen and oxygen atoms in total. The zero-order chi connectivity index (χ0) is 24.6. The standard InChI is InChI=1S/C26H32N6O2S/c1-19(6-7-24-23(25(27)33)5-3-12-29-24)31-13-8-22(9-14-31)32(17-20-10-15-35-18-20)26(34)30-21-4-2-11-28-16-21/h2-5,10-12,15-16,18-19,22H,6-9,13-14,17H2,1H3,(H2,27,33)(H,30,34)/t19-/m1/s1. The fraction of sp³-hybridized carbons (Fsp3) is 0.385. The van der Waals surface area contributed by atoms with E-state index in [1.54, 1.807) is 42.1 Å². The van der Waals surface area contributed by atoms with Crippen LogP contribution in [0.25, 0.3) is 0 Å². The number of carbonyl (C=O) groups is 2. The lowest BCUT2D eigenvalue weighted by Gasteiger charge is -2.40. The molecule has 1 aliphatic heterocycles. The smallest absolute Gasteiger partial charge is 0.322 e. The third-order valence-corrected chi connectivity index (χ3v) is 7.36. The second kappa shape index (κ2) is 11.9. The Bertz CT molecular complexity index is 1100. The molecule has 0 radical (unpaired) electrons. The Kier molecular flexibility index (Phi) is 8.44. The molecule has 184 valence electrons. The van der Waals surface area contributed by atoms with Crippen LogP contribution in [0.2, 0.25) is 0 Å². The molecule has 3 amide bonds. The van der Waals surface area contributed by atoms with Gasteiger partial charge in [0.15, 0.2) is 0 Å². The van der Waals surface area contributed by atoms with Crippen molar-refractivity contribution < 1.29 is 9.59 Å². The van der Waals surface area contributed by atoms with Gasteiger partial charge in [0.2, 0.25) is 0 Å². The minimum atomic E-state index is -0.433. The van der Waals surface area contributed by atoms with Gasteiger partial charge in [-0.1, -0.05) is 0 Å². The Balaban J connectivity index is 1.35. The van der Waals surface area contributed by atoms with Crippen LogP contribution in [0.4, 0.5) is 10.5 Å². The van der Waals surface area contributed by atoms with E-state index in [4.69, 9.17) is 5.73 Å². The van der Waals surface area contributed by atoms with E-state index >= 15 is 0 Å². The number of nitrogens with two attached hydrogens (primary N) is 1. The van der Waals surface area contributed by atoms with Gasteiger partial charge >= 0.3 is 6.03 Å². The summed E-state index contributed by atoms with van der Waals surface area (Å²) in [5, 5.41) is 7.15. The maximum atomic E-state index is 13.2. The number of urea groups is 1. The van der Waals surface area contributed by atoms with Gasteiger partial charge in [-0.15, -0.1) is 0 Å². The number of hydrogen-bond acceptors (Lipinski definition) is 6. The highest BCUT2D eigenvalue weighted by Gasteiger charge is 2.30. The highest BCUT2D eigenvalue weighted by molar-refractivity contribution is 7.07. The van der Waals surface area contributed by atoms with Crippen LogP contribution in [0.3, 0.4) is 0 Å². The van der Waals surface area contributed by atoms with Gasteiger partial charge in [0.25, 0.3) is 5.91 Å². The Hall–Kier alpha value is -3.30. The van der Waals surface area contributed by atoms with E-state index in [1.807, 2.05) is 22.4 Å². The molecular formula is C26H32N6O2S. The molecule has 4 heterocycles. The summed E-state index contributed by atoms with van der Waals surface area (Å²) < 4.78 is 0. The number of rotatable bonds is 9. The molecular weight excluding hydrogens is 460 g/mol. The van der Waals surface area contributed by atoms with E-state index in [2.05, 4.69) is 38.6 Å². The molecule has 3 N–H and O–H groups in total. The Morgan fingerprint density at radius 1 is 1.23 bits per heavy atom. The number of likely N-dealkylation sites (tertiary alicyclic amines) is 1. The minimum Gasteiger partial charge on any atom is -0.366 e. The first-order valence-electron chi connectivity index (χ1n) is 12.0. The first-order valence-corrected chi connectivity index (χ1v) is 12.9. The van der Waals surface area contributed by atoms with E-state index in [0.717, 1.165) is 43.6 Å². The molecule has 9 heteroatoms. The number of nitrogens with one attached hydrogen (secondary N) is 1. The van der Waals surface area contributed by atoms with Gasteiger partial charge in [-0.25, -0.2) is 4.79 Å². The summed E-state index contributed by atoms with van der Waals surface area (Å²) in [7, 11) is 0. The number of primary amides is 1. The van der Waals surface area contributed by atoms with Crippen LogP contribution in [0.15, 0.2) is 59.7 Å². The zero-order valence-electron chi connectivity index (χ0n) is 20.0. The molecule has 0 spiro atoms. The van der Waals surface area contributed by atoms with Crippen molar-refractivity contribution in [1.82, 2.24) is 19.8 Å². The Labute approximate surface area is 210 Å². The lowest BCUT2D eigenvalue weighted by molar-refractivity contribution is 0.0980. The van der Waals surface area contributed by atoms with Crippen LogP contribution in [0.1, 0.15) is 47.8 Å². The van der Waals surface area contributed by atoms with Crippen molar-refractivity contribution in [2.24, 2.45) is 5.73 Å². The van der Waals surface area contributed by atoms with E-state index in [0.29, 0.717) is 30.3 Å². The normalized spacial score (nSPS) is 15.5. The van der Waals surface area contributed by atoms with Crippen LogP contribution >= 0.6 is 11.3 Å². The molecule has 3 aromatic heterocycles. The lowest BCUT2D eigenvalue weighted by atomic mass is 9.99. The van der Waals surface area contributed by atoms with Gasteiger partial charge in [0, 0.05) is 44.1 Å². The SMILES string of the molecule is C[C@H](CCc1ncccc1C(N)=O)N1CCC(N(Cc2ccsc2)C(=O)Nc2cccnc2)CC1. The molecule has 0 aliphatic carbocycles. The van der Waals surface area contributed by atoms with Crippen molar-refractivity contribution in [2.75, 3.05) is 18.4 Å². The van der Waals surface area contributed by atoms with Crippen molar-refractivity contribution in [2.45, 2.75) is 51.2 Å². The molecule has 1 atom stereocenters. The quantitative estimate of drug-likeness (QED) is 0.467. The third-order valence-electron chi connectivity index (χ3n) is 6.62. The van der Waals surface area contributed by atoms with Crippen LogP contribution in [0, 0.1) is 0 Å². The molecule has 0 saturated carbocycles. The highest BCUT2D eigenvalue weighted by Crippen LogP contribution is 2.24. The summed E-state index contributed by atoms with van der Waals surface area (Å²) in [6.07, 6.45) is 8.47. The Morgan fingerprint density at radius 3 is 2.71 bits per heavy atom. The fourth-order valence-corrected chi connectivity index (χ4v) is 5.27. The van der Waals surface area contributed by atoms with Crippen molar-refractivity contribution in [3.63, 3.8) is 0 Å². The summed E-state index contributed by atoms with van der Waals surface area (Å²) in [6.45, 7) is 4.63. The van der Waals surface area contributed by atoms with Crippen molar-refractivity contribution in [3.8, 4) is 0 Å². The van der Waals surface area contributed by atoms with Gasteiger partial charge in [-0.05, 0) is 79.3 Å². The lowest BCUT2D eigenvalue weighted by Crippen LogP contribution is -2.50. The number of aromatic nitrogens is 2. The number of pyridine rings is 2. The number of carbonyl (C=O) groups excluding carboxylic acids is 2. The van der Waals surface area contributed by atoms with E-state index in [-0.39, 0.29) is 12.1 Å². The molecule has 3 aromatic rings. The minimum absolute atomic E-state index is 0.0927. The van der Waals surface area contributed by atoms with Gasteiger partial charge in [0.05, 0.1) is 23.1 Å². The van der Waals surface area contributed by atoms with Gasteiger partial charge in [-0.2, -0.15) is 11.3 Å². The van der Waals surface area contributed by atoms with E-state index in [1.165, 1.54) is 0 Å². The largest absolute Gasteiger partial charge is 0.366 e. The second-order valence-corrected chi connectivity index (χ2v) is 9.73. The monoisotopic (exact) mass is 492 g/mol. The van der Waals surface area contributed by atoms with Crippen LogP contribution in [-0.4, -0.2) is 56.9 Å². The number of nitrogens with zero attached hydrogens (tertiary/aromatic N) is 4. The summed E-state index contributed by atoms with van der Waals surface area (Å²) in [4.78, 5) is 37.8. The van der Waals surface area contributed by atoms with Gasteiger partial charge in [-0.3, -0.25) is 14.8 Å². The number of piperidine rings is 1. The van der Waals surface area contributed by atoms with Crippen molar-refractivity contribution in [3.05, 3.63) is 76.5 Å². The molecule has 4 rings (SSSR count). The second-order valence-electron chi connectivity index (χ2n) is 8.95. The molecule has 1 fully saturated rings. The summed E-state index contributed by atoms with van der Waals surface area (Å²) in [6, 6.07) is 9.62. The van der Waals surface area contributed by atoms with Crippen molar-refractivity contribution in [1.29, 1.82) is 0 Å². The topological polar surface area (TPSA) is 104 Å². The summed E-state index contributed by atoms with van der Waals surface area (Å²) in [5.74, 6) is -0.433. The maximum Gasteiger partial charge on any atom is 0.322 e. The molecule has 0 aromatic carbocycles. The van der Waals surface area contributed by atoms with Gasteiger partial charge in [0.1, 0.15) is 0 Å². The zero-order valence-corrected chi connectivity index (χ0v) is 20.8. The molecule has 0 bridgehead atoms. The molecule has 35 heavy (non-hydrogen) atoms. The van der Waals surface area contributed by atoms with E-state index < -0.39 is 5.91 Å². The third kappa shape index (κ3) is 6.64. The maximum absolute atomic E-state index is 13.2. The van der Waals surface area contributed by atoms with Gasteiger partial charge < -0.3 is 20.9 Å². The number of aryl methyl sites for hydroxylation is 1.